The van der Waals surface area contributed by atoms with Gasteiger partial charge in [0.15, 0.2) is 0 Å². The van der Waals surface area contributed by atoms with Crippen LogP contribution >= 0.6 is 0 Å². The highest BCUT2D eigenvalue weighted by Crippen LogP contribution is 2.32. The molecular weight excluding hydrogens is 260 g/mol. The van der Waals surface area contributed by atoms with E-state index in [1.165, 1.54) is 37.8 Å². The van der Waals surface area contributed by atoms with E-state index in [9.17, 15) is 0 Å². The lowest BCUT2D eigenvalue weighted by Gasteiger charge is -2.37. The van der Waals surface area contributed by atoms with Crippen LogP contribution in [-0.2, 0) is 0 Å². The maximum Gasteiger partial charge on any atom is 0.120 e. The second-order valence-electron chi connectivity index (χ2n) is 6.47. The molecule has 0 heterocycles. The lowest BCUT2D eigenvalue weighted by Crippen LogP contribution is -2.42. The Kier molecular flexibility index (Phi) is 5.92. The van der Waals surface area contributed by atoms with Crippen LogP contribution in [0.5, 0.6) is 5.75 Å². The largest absolute Gasteiger partial charge is 0.497 e. The molecule has 118 valence electrons. The van der Waals surface area contributed by atoms with E-state index >= 15 is 0 Å². The number of nitrogens with zero attached hydrogens (tertiary/aromatic N) is 1. The third-order valence-corrected chi connectivity index (χ3v) is 4.85. The van der Waals surface area contributed by atoms with Gasteiger partial charge in [0.1, 0.15) is 5.75 Å². The van der Waals surface area contributed by atoms with E-state index < -0.39 is 0 Å². The number of hydrogen-bond donors (Lipinski definition) is 1. The first-order valence-electron chi connectivity index (χ1n) is 8.24. The Bertz CT molecular complexity index is 435. The van der Waals surface area contributed by atoms with E-state index in [1.807, 2.05) is 12.1 Å². The van der Waals surface area contributed by atoms with Crippen molar-refractivity contribution in [2.75, 3.05) is 25.6 Å². The molecule has 1 aromatic carbocycles. The monoisotopic (exact) mass is 290 g/mol. The fourth-order valence-corrected chi connectivity index (χ4v) is 3.57. The molecule has 0 bridgehead atoms. The van der Waals surface area contributed by atoms with Gasteiger partial charge in [-0.2, -0.15) is 0 Å². The first kappa shape index (κ1) is 16.2. The summed E-state index contributed by atoms with van der Waals surface area (Å²) in [5.74, 6) is 2.39. The second kappa shape index (κ2) is 7.69. The van der Waals surface area contributed by atoms with Gasteiger partial charge in [-0.05, 0) is 43.2 Å². The van der Waals surface area contributed by atoms with Crippen LogP contribution in [0.4, 0.5) is 5.69 Å². The predicted molar refractivity (Wildman–Crippen MR) is 90.0 cm³/mol. The lowest BCUT2D eigenvalue weighted by molar-refractivity contribution is 0.226. The normalized spacial score (nSPS) is 25.6. The first-order valence-corrected chi connectivity index (χ1v) is 8.24. The minimum absolute atomic E-state index is 0.353. The number of anilines is 1. The van der Waals surface area contributed by atoms with Gasteiger partial charge in [0.2, 0.25) is 0 Å². The summed E-state index contributed by atoms with van der Waals surface area (Å²) in [5, 5.41) is 0. The van der Waals surface area contributed by atoms with E-state index in [0.29, 0.717) is 12.0 Å². The Hall–Kier alpha value is -1.22. The van der Waals surface area contributed by atoms with Crippen molar-refractivity contribution in [3.63, 3.8) is 0 Å². The van der Waals surface area contributed by atoms with E-state index in [1.54, 1.807) is 7.11 Å². The van der Waals surface area contributed by atoms with Crippen molar-refractivity contribution in [3.8, 4) is 5.75 Å². The minimum atomic E-state index is 0.353. The molecule has 2 rings (SSSR count). The van der Waals surface area contributed by atoms with Gasteiger partial charge in [0, 0.05) is 31.4 Å². The molecule has 0 aliphatic heterocycles. The molecule has 0 aromatic heterocycles. The Labute approximate surface area is 129 Å². The highest BCUT2D eigenvalue weighted by molar-refractivity contribution is 5.50. The zero-order valence-corrected chi connectivity index (χ0v) is 13.7. The molecule has 3 unspecified atom stereocenters. The van der Waals surface area contributed by atoms with E-state index in [4.69, 9.17) is 10.5 Å². The lowest BCUT2D eigenvalue weighted by atomic mass is 9.76. The Morgan fingerprint density at radius 3 is 2.86 bits per heavy atom. The molecule has 0 spiro atoms. The van der Waals surface area contributed by atoms with Gasteiger partial charge < -0.3 is 15.4 Å². The van der Waals surface area contributed by atoms with Gasteiger partial charge in [-0.25, -0.2) is 0 Å². The van der Waals surface area contributed by atoms with Crippen LogP contribution in [0.2, 0.25) is 0 Å². The van der Waals surface area contributed by atoms with Gasteiger partial charge >= 0.3 is 0 Å². The standard InChI is InChI=1S/C18H30N2O/c1-4-6-14-9-10-18(19)15(11-14)13-20(2)16-7-5-8-17(12-16)21-3/h5,7-8,12,14-15,18H,4,6,9-11,13,19H2,1-3H3. The van der Waals surface area contributed by atoms with Crippen LogP contribution in [0.25, 0.3) is 0 Å². The van der Waals surface area contributed by atoms with Gasteiger partial charge in [-0.3, -0.25) is 0 Å². The number of rotatable bonds is 6. The molecule has 21 heavy (non-hydrogen) atoms. The number of benzene rings is 1. The predicted octanol–water partition coefficient (Wildman–Crippen LogP) is 3.68. The van der Waals surface area contributed by atoms with Crippen LogP contribution in [0.3, 0.4) is 0 Å². The maximum absolute atomic E-state index is 6.37. The van der Waals surface area contributed by atoms with Crippen molar-refractivity contribution in [1.82, 2.24) is 0 Å². The Balaban J connectivity index is 1.97. The Morgan fingerprint density at radius 2 is 2.14 bits per heavy atom. The fourth-order valence-electron chi connectivity index (χ4n) is 3.57. The summed E-state index contributed by atoms with van der Waals surface area (Å²) in [6.07, 6.45) is 6.42. The number of methoxy groups -OCH3 is 1. The molecule has 1 aliphatic carbocycles. The number of nitrogens with two attached hydrogens (primary N) is 1. The SMILES string of the molecule is CCCC1CCC(N)C(CN(C)c2cccc(OC)c2)C1. The average Bonchev–Trinajstić information content (AvgIpc) is 2.51. The van der Waals surface area contributed by atoms with Crippen molar-refractivity contribution in [1.29, 1.82) is 0 Å². The topological polar surface area (TPSA) is 38.5 Å². The molecular formula is C18H30N2O. The van der Waals surface area contributed by atoms with E-state index in [2.05, 4.69) is 31.0 Å². The molecule has 1 fully saturated rings. The van der Waals surface area contributed by atoms with E-state index in [0.717, 1.165) is 18.2 Å². The second-order valence-corrected chi connectivity index (χ2v) is 6.47. The highest BCUT2D eigenvalue weighted by Gasteiger charge is 2.28. The zero-order chi connectivity index (χ0) is 15.2. The van der Waals surface area contributed by atoms with Crippen molar-refractivity contribution >= 4 is 5.69 Å². The van der Waals surface area contributed by atoms with Gasteiger partial charge in [0.25, 0.3) is 0 Å². The third-order valence-electron chi connectivity index (χ3n) is 4.85. The van der Waals surface area contributed by atoms with Crippen LogP contribution in [-0.4, -0.2) is 26.7 Å². The Morgan fingerprint density at radius 1 is 1.33 bits per heavy atom. The summed E-state index contributed by atoms with van der Waals surface area (Å²) in [4.78, 5) is 2.32. The van der Waals surface area contributed by atoms with Gasteiger partial charge in [-0.15, -0.1) is 0 Å². The summed E-state index contributed by atoms with van der Waals surface area (Å²) >= 11 is 0. The summed E-state index contributed by atoms with van der Waals surface area (Å²) in [6.45, 7) is 3.32. The van der Waals surface area contributed by atoms with E-state index in [-0.39, 0.29) is 0 Å². The van der Waals surface area contributed by atoms with Crippen molar-refractivity contribution in [2.45, 2.75) is 45.1 Å². The molecule has 0 radical (unpaired) electrons. The number of hydrogen-bond acceptors (Lipinski definition) is 3. The van der Waals surface area contributed by atoms with Crippen LogP contribution in [0.1, 0.15) is 39.0 Å². The molecule has 1 saturated carbocycles. The summed E-state index contributed by atoms with van der Waals surface area (Å²) < 4.78 is 5.31. The molecule has 3 heteroatoms. The van der Waals surface area contributed by atoms with Crippen molar-refractivity contribution < 1.29 is 4.74 Å². The molecule has 3 atom stereocenters. The van der Waals surface area contributed by atoms with Crippen LogP contribution in [0.15, 0.2) is 24.3 Å². The average molecular weight is 290 g/mol. The van der Waals surface area contributed by atoms with Crippen LogP contribution < -0.4 is 15.4 Å². The minimum Gasteiger partial charge on any atom is -0.497 e. The third kappa shape index (κ3) is 4.37. The molecule has 0 saturated heterocycles. The van der Waals surface area contributed by atoms with Gasteiger partial charge in [0.05, 0.1) is 7.11 Å². The quantitative estimate of drug-likeness (QED) is 0.868. The highest BCUT2D eigenvalue weighted by atomic mass is 16.5. The maximum atomic E-state index is 6.37. The van der Waals surface area contributed by atoms with Crippen molar-refractivity contribution in [3.05, 3.63) is 24.3 Å². The summed E-state index contributed by atoms with van der Waals surface area (Å²) in [5.41, 5.74) is 7.58. The number of ether oxygens (including phenoxy) is 1. The van der Waals surface area contributed by atoms with Crippen molar-refractivity contribution in [2.24, 2.45) is 17.6 Å². The van der Waals surface area contributed by atoms with Crippen LogP contribution in [0, 0.1) is 11.8 Å². The molecule has 2 N–H and O–H groups in total. The molecule has 1 aromatic rings. The zero-order valence-electron chi connectivity index (χ0n) is 13.7. The fraction of sp³-hybridized carbons (Fsp3) is 0.667. The van der Waals surface area contributed by atoms with Gasteiger partial charge in [-0.1, -0.05) is 25.8 Å². The molecule has 3 nitrogen and oxygen atoms in total. The molecule has 0 amide bonds. The first-order chi connectivity index (χ1) is 10.1. The smallest absolute Gasteiger partial charge is 0.120 e. The summed E-state index contributed by atoms with van der Waals surface area (Å²) in [7, 11) is 3.87. The molecule has 1 aliphatic rings. The summed E-state index contributed by atoms with van der Waals surface area (Å²) in [6, 6.07) is 8.62.